The van der Waals surface area contributed by atoms with Gasteiger partial charge in [0, 0.05) is 11.6 Å². The monoisotopic (exact) mass is 370 g/mol. The third-order valence-corrected chi connectivity index (χ3v) is 5.07. The highest BCUT2D eigenvalue weighted by molar-refractivity contribution is 5.94. The molecule has 1 saturated heterocycles. The first-order chi connectivity index (χ1) is 13.0. The van der Waals surface area contributed by atoms with Crippen LogP contribution in [0.25, 0.3) is 10.8 Å². The summed E-state index contributed by atoms with van der Waals surface area (Å²) in [6.45, 7) is 9.05. The summed E-state index contributed by atoms with van der Waals surface area (Å²) in [5.41, 5.74) is 1.38. The first kappa shape index (κ1) is 19.3. The van der Waals surface area contributed by atoms with E-state index in [1.54, 1.807) is 4.90 Å². The lowest BCUT2D eigenvalue weighted by molar-refractivity contribution is -1.02. The van der Waals surface area contributed by atoms with E-state index >= 15 is 0 Å². The quantitative estimate of drug-likeness (QED) is 0.566. The highest BCUT2D eigenvalue weighted by Gasteiger charge is 2.25. The fourth-order valence-corrected chi connectivity index (χ4v) is 3.72. The van der Waals surface area contributed by atoms with Crippen LogP contribution in [0.4, 0.5) is 4.79 Å². The Hall–Kier alpha value is -2.44. The molecule has 3 amide bonds. The van der Waals surface area contributed by atoms with Crippen molar-refractivity contribution in [2.75, 3.05) is 32.7 Å². The van der Waals surface area contributed by atoms with Crippen LogP contribution in [-0.2, 0) is 11.3 Å². The smallest absolute Gasteiger partial charge is 0.321 e. The van der Waals surface area contributed by atoms with E-state index in [4.69, 9.17) is 0 Å². The minimum atomic E-state index is -0.408. The molecule has 0 atom stereocenters. The number of nitrogens with one attached hydrogen (secondary N) is 4. The Labute approximate surface area is 160 Å². The van der Waals surface area contributed by atoms with Crippen LogP contribution < -0.4 is 20.4 Å². The molecular formula is C21H30N4O2+2. The van der Waals surface area contributed by atoms with Gasteiger partial charge in [-0.3, -0.25) is 10.1 Å². The fraction of sp³-hybridized carbons (Fsp3) is 0.429. The molecule has 4 N–H and O–H groups in total. The molecule has 0 spiro atoms. The van der Waals surface area contributed by atoms with Crippen molar-refractivity contribution in [1.29, 1.82) is 0 Å². The van der Waals surface area contributed by atoms with E-state index in [2.05, 4.69) is 53.1 Å². The van der Waals surface area contributed by atoms with E-state index in [1.165, 1.54) is 21.2 Å². The number of urea groups is 1. The van der Waals surface area contributed by atoms with Gasteiger partial charge < -0.3 is 15.1 Å². The Bertz CT molecular complexity index is 792. The number of carbonyl (C=O) groups excluding carboxylic acids is 2. The first-order valence-corrected chi connectivity index (χ1v) is 9.75. The standard InChI is InChI=1S/C21H28N4O2/c1-16(2)22-21(27)23-20(26)15-25-12-10-24(11-13-25)14-18-8-5-7-17-6-3-4-9-19(17)18/h3-9,16H,10-15H2,1-2H3,(H2,22,23,26,27)/p+2. The second kappa shape index (κ2) is 8.97. The van der Waals surface area contributed by atoms with Gasteiger partial charge >= 0.3 is 6.03 Å². The van der Waals surface area contributed by atoms with Crippen molar-refractivity contribution >= 4 is 22.7 Å². The average molecular weight is 370 g/mol. The lowest BCUT2D eigenvalue weighted by atomic mass is 10.0. The fourth-order valence-electron chi connectivity index (χ4n) is 3.72. The highest BCUT2D eigenvalue weighted by atomic mass is 16.2. The van der Waals surface area contributed by atoms with Crippen molar-refractivity contribution in [3.05, 3.63) is 48.0 Å². The van der Waals surface area contributed by atoms with Gasteiger partial charge in [0.2, 0.25) is 0 Å². The molecule has 2 aromatic rings. The van der Waals surface area contributed by atoms with Crippen LogP contribution >= 0.6 is 0 Å². The number of piperazine rings is 1. The molecule has 3 rings (SSSR count). The van der Waals surface area contributed by atoms with Gasteiger partial charge in [0.1, 0.15) is 32.7 Å². The van der Waals surface area contributed by atoms with E-state index in [-0.39, 0.29) is 11.9 Å². The lowest BCUT2D eigenvalue weighted by Gasteiger charge is -2.29. The van der Waals surface area contributed by atoms with Crippen LogP contribution in [0.2, 0.25) is 0 Å². The number of amides is 3. The van der Waals surface area contributed by atoms with Crippen molar-refractivity contribution in [3.63, 3.8) is 0 Å². The topological polar surface area (TPSA) is 67.1 Å². The van der Waals surface area contributed by atoms with Crippen molar-refractivity contribution in [2.24, 2.45) is 0 Å². The summed E-state index contributed by atoms with van der Waals surface area (Å²) in [5.74, 6) is -0.208. The Morgan fingerprint density at radius 1 is 0.963 bits per heavy atom. The average Bonchev–Trinajstić information content (AvgIpc) is 2.63. The van der Waals surface area contributed by atoms with Gasteiger partial charge in [-0.2, -0.15) is 0 Å². The molecule has 1 aliphatic heterocycles. The summed E-state index contributed by atoms with van der Waals surface area (Å²) < 4.78 is 0. The Morgan fingerprint density at radius 2 is 1.63 bits per heavy atom. The van der Waals surface area contributed by atoms with Crippen molar-refractivity contribution in [3.8, 4) is 0 Å². The number of rotatable bonds is 5. The summed E-state index contributed by atoms with van der Waals surface area (Å²) in [6, 6.07) is 14.6. The molecule has 0 unspecified atom stereocenters. The molecule has 0 aliphatic carbocycles. The predicted octanol–water partition coefficient (Wildman–Crippen LogP) is -0.643. The van der Waals surface area contributed by atoms with E-state index in [1.807, 2.05) is 13.8 Å². The summed E-state index contributed by atoms with van der Waals surface area (Å²) in [4.78, 5) is 26.4. The molecule has 2 aromatic carbocycles. The van der Waals surface area contributed by atoms with Crippen LogP contribution in [0.1, 0.15) is 19.4 Å². The van der Waals surface area contributed by atoms with Gasteiger partial charge in [-0.15, -0.1) is 0 Å². The van der Waals surface area contributed by atoms with Crippen LogP contribution in [0.3, 0.4) is 0 Å². The molecule has 1 aliphatic rings. The summed E-state index contributed by atoms with van der Waals surface area (Å²) in [7, 11) is 0. The third kappa shape index (κ3) is 5.52. The maximum absolute atomic E-state index is 12.0. The second-order valence-corrected chi connectivity index (χ2v) is 7.67. The van der Waals surface area contributed by atoms with Crippen LogP contribution in [0.15, 0.2) is 42.5 Å². The summed E-state index contributed by atoms with van der Waals surface area (Å²) in [5, 5.41) is 7.71. The summed E-state index contributed by atoms with van der Waals surface area (Å²) in [6.07, 6.45) is 0. The predicted molar refractivity (Wildman–Crippen MR) is 106 cm³/mol. The van der Waals surface area contributed by atoms with Gasteiger partial charge in [0.05, 0.1) is 0 Å². The number of imide groups is 1. The maximum Gasteiger partial charge on any atom is 0.321 e. The third-order valence-electron chi connectivity index (χ3n) is 5.07. The zero-order valence-corrected chi connectivity index (χ0v) is 16.2. The molecule has 0 saturated carbocycles. The zero-order chi connectivity index (χ0) is 19.2. The molecule has 1 fully saturated rings. The number of hydrogen-bond donors (Lipinski definition) is 4. The lowest BCUT2D eigenvalue weighted by Crippen LogP contribution is -3.28. The van der Waals surface area contributed by atoms with E-state index in [0.717, 1.165) is 32.7 Å². The second-order valence-electron chi connectivity index (χ2n) is 7.67. The van der Waals surface area contributed by atoms with Crippen molar-refractivity contribution in [2.45, 2.75) is 26.4 Å². The Balaban J connectivity index is 1.47. The minimum absolute atomic E-state index is 0.0198. The number of fused-ring (bicyclic) bond motifs is 1. The molecule has 0 bridgehead atoms. The molecule has 6 heteroatoms. The van der Waals surface area contributed by atoms with Gasteiger partial charge in [0.25, 0.3) is 5.91 Å². The number of carbonyl (C=O) groups is 2. The molecule has 6 nitrogen and oxygen atoms in total. The van der Waals surface area contributed by atoms with Crippen LogP contribution in [0, 0.1) is 0 Å². The highest BCUT2D eigenvalue weighted by Crippen LogP contribution is 2.17. The molecule has 0 radical (unpaired) electrons. The molecule has 0 aromatic heterocycles. The van der Waals surface area contributed by atoms with E-state index in [9.17, 15) is 9.59 Å². The van der Waals surface area contributed by atoms with Gasteiger partial charge in [-0.1, -0.05) is 42.5 Å². The zero-order valence-electron chi connectivity index (χ0n) is 16.2. The Kier molecular flexibility index (Phi) is 6.42. The van der Waals surface area contributed by atoms with E-state index < -0.39 is 6.03 Å². The SMILES string of the molecule is CC(C)NC(=O)NC(=O)C[NH+]1CC[NH+](Cc2cccc3ccccc23)CC1. The van der Waals surface area contributed by atoms with Crippen molar-refractivity contribution < 1.29 is 19.4 Å². The Morgan fingerprint density at radius 3 is 2.37 bits per heavy atom. The molecule has 1 heterocycles. The largest absolute Gasteiger partial charge is 0.336 e. The van der Waals surface area contributed by atoms with Gasteiger partial charge in [0.15, 0.2) is 6.54 Å². The molecule has 144 valence electrons. The van der Waals surface area contributed by atoms with Crippen LogP contribution in [-0.4, -0.2) is 50.7 Å². The number of benzene rings is 2. The van der Waals surface area contributed by atoms with Gasteiger partial charge in [-0.25, -0.2) is 4.79 Å². The number of quaternary nitrogens is 2. The maximum atomic E-state index is 12.0. The summed E-state index contributed by atoms with van der Waals surface area (Å²) >= 11 is 0. The number of hydrogen-bond acceptors (Lipinski definition) is 2. The van der Waals surface area contributed by atoms with Crippen LogP contribution in [0.5, 0.6) is 0 Å². The normalized spacial score (nSPS) is 19.8. The minimum Gasteiger partial charge on any atom is -0.336 e. The molecule has 27 heavy (non-hydrogen) atoms. The van der Waals surface area contributed by atoms with Crippen molar-refractivity contribution in [1.82, 2.24) is 10.6 Å². The first-order valence-electron chi connectivity index (χ1n) is 9.75. The molecular weight excluding hydrogens is 340 g/mol. The van der Waals surface area contributed by atoms with Gasteiger partial charge in [-0.05, 0) is 24.6 Å². The van der Waals surface area contributed by atoms with E-state index in [0.29, 0.717) is 6.54 Å².